The molecule has 0 spiro atoms. The van der Waals surface area contributed by atoms with Gasteiger partial charge in [0.2, 0.25) is 5.91 Å². The molecule has 3 heterocycles. The molecule has 2 aromatic heterocycles. The second-order valence-electron chi connectivity index (χ2n) is 11.5. The molecule has 1 fully saturated rings. The first-order valence-corrected chi connectivity index (χ1v) is 14.4. The van der Waals surface area contributed by atoms with Crippen LogP contribution in [0.3, 0.4) is 0 Å². The number of carbonyl (C=O) groups excluding carboxylic acids is 2. The van der Waals surface area contributed by atoms with E-state index in [1.807, 2.05) is 0 Å². The third kappa shape index (κ3) is 5.52. The van der Waals surface area contributed by atoms with Gasteiger partial charge in [-0.15, -0.1) is 0 Å². The van der Waals surface area contributed by atoms with Gasteiger partial charge in [0.1, 0.15) is 34.8 Å². The fraction of sp³-hybridized carbons (Fsp3) is 0.312. The number of alkyl halides is 2. The zero-order chi connectivity index (χ0) is 31.3. The van der Waals surface area contributed by atoms with Crippen LogP contribution in [0.2, 0.25) is 5.02 Å². The van der Waals surface area contributed by atoms with Gasteiger partial charge in [0, 0.05) is 46.4 Å². The Hall–Kier alpha value is -4.38. The molecule has 2 amide bonds. The van der Waals surface area contributed by atoms with Crippen LogP contribution < -0.4 is 20.5 Å². The number of aryl methyl sites for hydroxylation is 1. The fourth-order valence-electron chi connectivity index (χ4n) is 5.62. The van der Waals surface area contributed by atoms with E-state index in [4.69, 9.17) is 27.1 Å². The van der Waals surface area contributed by atoms with E-state index in [1.165, 1.54) is 30.5 Å². The van der Waals surface area contributed by atoms with Gasteiger partial charge in [-0.1, -0.05) is 11.6 Å². The number of amides is 2. The third-order valence-corrected chi connectivity index (χ3v) is 8.55. The Balaban J connectivity index is 1.37. The number of benzene rings is 2. The maximum atomic E-state index is 13.9. The van der Waals surface area contributed by atoms with E-state index < -0.39 is 29.7 Å². The second-order valence-corrected chi connectivity index (χ2v) is 11.9. The van der Waals surface area contributed by atoms with Crippen LogP contribution in [0.25, 0.3) is 22.2 Å². The topological polar surface area (TPSA) is 116 Å². The SMILES string of the molecule is Cc1cnc2c(OC(F)F)cc(C(=O)NC[C@H](c3cc4c(c(-c5ccc(F)cc5Cl)n3)OC[C@]4(C)C(N)=O)C3CC3)cc2c1. The Morgan fingerprint density at radius 1 is 1.20 bits per heavy atom. The molecule has 2 atom stereocenters. The summed E-state index contributed by atoms with van der Waals surface area (Å²) in [6.07, 6.45) is 3.32. The van der Waals surface area contributed by atoms with Crippen LogP contribution in [0, 0.1) is 18.7 Å². The monoisotopic (exact) mass is 624 g/mol. The maximum absolute atomic E-state index is 13.9. The molecule has 1 saturated carbocycles. The highest BCUT2D eigenvalue weighted by atomic mass is 35.5. The summed E-state index contributed by atoms with van der Waals surface area (Å²) in [5.74, 6) is -1.55. The Bertz CT molecular complexity index is 1820. The molecular formula is C32H28ClF3N4O4. The van der Waals surface area contributed by atoms with Crippen LogP contribution in [0.5, 0.6) is 11.5 Å². The number of pyridine rings is 2. The maximum Gasteiger partial charge on any atom is 0.387 e. The van der Waals surface area contributed by atoms with Gasteiger partial charge in [-0.05, 0) is 80.6 Å². The van der Waals surface area contributed by atoms with E-state index in [9.17, 15) is 22.8 Å². The van der Waals surface area contributed by atoms with Crippen LogP contribution in [-0.4, -0.2) is 41.5 Å². The molecule has 0 radical (unpaired) electrons. The minimum absolute atomic E-state index is 0.00123. The highest BCUT2D eigenvalue weighted by Crippen LogP contribution is 2.49. The Kier molecular flexibility index (Phi) is 7.61. The van der Waals surface area contributed by atoms with Crippen LogP contribution in [-0.2, 0) is 10.2 Å². The highest BCUT2D eigenvalue weighted by Gasteiger charge is 2.45. The quantitative estimate of drug-likeness (QED) is 0.234. The number of halogens is 4. The summed E-state index contributed by atoms with van der Waals surface area (Å²) in [7, 11) is 0. The molecule has 0 bridgehead atoms. The molecule has 2 aliphatic rings. The first-order valence-electron chi connectivity index (χ1n) is 14.0. The predicted octanol–water partition coefficient (Wildman–Crippen LogP) is 6.06. The largest absolute Gasteiger partial charge is 0.489 e. The molecule has 4 aromatic rings. The van der Waals surface area contributed by atoms with Crippen molar-refractivity contribution in [3.63, 3.8) is 0 Å². The lowest BCUT2D eigenvalue weighted by atomic mass is 9.82. The standard InChI is InChI=1S/C32H28ClF3N4O4/c1-15-7-17-8-18(9-25(44-31(35)36)26(17)38-12-15)29(41)39-13-21(16-3-4-16)24-11-22-28(43-14-32(22,2)30(37)42)27(40-24)20-6-5-19(34)10-23(20)33/h5-12,16,21,31H,3-4,13-14H2,1-2H3,(H2,37,42)(H,39,41)/t21-,32-/m0/s1. The first-order chi connectivity index (χ1) is 20.9. The summed E-state index contributed by atoms with van der Waals surface area (Å²) in [5, 5.41) is 3.53. The summed E-state index contributed by atoms with van der Waals surface area (Å²) in [5.41, 5.74) is 7.68. The Morgan fingerprint density at radius 2 is 1.98 bits per heavy atom. The zero-order valence-electron chi connectivity index (χ0n) is 23.8. The lowest BCUT2D eigenvalue weighted by Crippen LogP contribution is -2.40. The van der Waals surface area contributed by atoms with E-state index in [-0.39, 0.29) is 46.8 Å². The van der Waals surface area contributed by atoms with Gasteiger partial charge < -0.3 is 20.5 Å². The second kappa shape index (κ2) is 11.3. The van der Waals surface area contributed by atoms with Crippen molar-refractivity contribution in [2.24, 2.45) is 11.7 Å². The first kappa shape index (κ1) is 29.7. The van der Waals surface area contributed by atoms with Crippen LogP contribution in [0.4, 0.5) is 13.2 Å². The van der Waals surface area contributed by atoms with E-state index in [0.717, 1.165) is 18.4 Å². The van der Waals surface area contributed by atoms with Gasteiger partial charge in [-0.3, -0.25) is 14.6 Å². The lowest BCUT2D eigenvalue weighted by molar-refractivity contribution is -0.123. The van der Waals surface area contributed by atoms with Crippen molar-refractivity contribution < 1.29 is 32.2 Å². The number of hydrogen-bond acceptors (Lipinski definition) is 6. The molecule has 44 heavy (non-hydrogen) atoms. The average Bonchev–Trinajstić information content (AvgIpc) is 3.74. The molecule has 6 rings (SSSR count). The minimum atomic E-state index is -3.09. The van der Waals surface area contributed by atoms with Crippen molar-refractivity contribution in [2.75, 3.05) is 13.2 Å². The number of nitrogens with zero attached hydrogens (tertiary/aromatic N) is 2. The normalized spacial score (nSPS) is 18.2. The number of rotatable bonds is 9. The van der Waals surface area contributed by atoms with Crippen LogP contribution in [0.15, 0.2) is 48.7 Å². The van der Waals surface area contributed by atoms with Gasteiger partial charge in [-0.2, -0.15) is 8.78 Å². The molecule has 2 aromatic carbocycles. The van der Waals surface area contributed by atoms with E-state index in [1.54, 1.807) is 32.0 Å². The number of aromatic nitrogens is 2. The van der Waals surface area contributed by atoms with Crippen molar-refractivity contribution in [1.29, 1.82) is 0 Å². The number of carbonyl (C=O) groups is 2. The molecule has 0 unspecified atom stereocenters. The molecule has 3 N–H and O–H groups in total. The lowest BCUT2D eigenvalue weighted by Gasteiger charge is -2.22. The van der Waals surface area contributed by atoms with Crippen molar-refractivity contribution in [2.45, 2.75) is 44.6 Å². The van der Waals surface area contributed by atoms with E-state index >= 15 is 0 Å². The summed E-state index contributed by atoms with van der Waals surface area (Å²) in [6.45, 7) is 0.555. The van der Waals surface area contributed by atoms with Crippen LogP contribution in [0.1, 0.15) is 52.9 Å². The van der Waals surface area contributed by atoms with Gasteiger partial charge in [0.25, 0.3) is 5.91 Å². The van der Waals surface area contributed by atoms with E-state index in [0.29, 0.717) is 33.7 Å². The number of nitrogens with one attached hydrogen (secondary N) is 1. The summed E-state index contributed by atoms with van der Waals surface area (Å²) in [4.78, 5) is 35.1. The smallest absolute Gasteiger partial charge is 0.387 e. The van der Waals surface area contributed by atoms with Crippen molar-refractivity contribution in [1.82, 2.24) is 15.3 Å². The van der Waals surface area contributed by atoms with Gasteiger partial charge in [0.15, 0.2) is 5.75 Å². The molecule has 0 saturated heterocycles. The van der Waals surface area contributed by atoms with Gasteiger partial charge in [-0.25, -0.2) is 9.37 Å². The highest BCUT2D eigenvalue weighted by molar-refractivity contribution is 6.33. The third-order valence-electron chi connectivity index (χ3n) is 8.24. The molecule has 228 valence electrons. The average molecular weight is 625 g/mol. The zero-order valence-corrected chi connectivity index (χ0v) is 24.6. The molecule has 1 aliphatic carbocycles. The predicted molar refractivity (Wildman–Crippen MR) is 158 cm³/mol. The minimum Gasteiger partial charge on any atom is -0.489 e. The molecule has 1 aliphatic heterocycles. The Labute approximate surface area is 255 Å². The number of nitrogens with two attached hydrogens (primary N) is 1. The number of primary amides is 1. The van der Waals surface area contributed by atoms with Crippen molar-refractivity contribution >= 4 is 34.3 Å². The Morgan fingerprint density at radius 3 is 2.66 bits per heavy atom. The molecule has 8 nitrogen and oxygen atoms in total. The number of ether oxygens (including phenoxy) is 2. The van der Waals surface area contributed by atoms with Gasteiger partial charge >= 0.3 is 6.61 Å². The van der Waals surface area contributed by atoms with Crippen LogP contribution >= 0.6 is 11.6 Å². The number of fused-ring (bicyclic) bond motifs is 2. The molecule has 12 heteroatoms. The summed E-state index contributed by atoms with van der Waals surface area (Å²) >= 11 is 6.43. The summed E-state index contributed by atoms with van der Waals surface area (Å²) < 4.78 is 50.9. The van der Waals surface area contributed by atoms with Gasteiger partial charge in [0.05, 0.1) is 5.02 Å². The van der Waals surface area contributed by atoms with Crippen molar-refractivity contribution in [3.05, 3.63) is 81.9 Å². The fourth-order valence-corrected chi connectivity index (χ4v) is 5.88. The van der Waals surface area contributed by atoms with Crippen molar-refractivity contribution in [3.8, 4) is 22.8 Å². The number of hydrogen-bond donors (Lipinski definition) is 2. The van der Waals surface area contributed by atoms with E-state index in [2.05, 4.69) is 15.0 Å². The summed E-state index contributed by atoms with van der Waals surface area (Å²) in [6, 6.07) is 10.3. The molecular weight excluding hydrogens is 597 g/mol.